The number of halogens is 1. The molecule has 88 valence electrons. The fourth-order valence-electron chi connectivity index (χ4n) is 1.32. The van der Waals surface area contributed by atoms with Gasteiger partial charge in [0.05, 0.1) is 0 Å². The number of hydrogen-bond donors (Lipinski definition) is 2. The number of nitrogens with one attached hydrogen (secondary N) is 1. The second kappa shape index (κ2) is 5.89. The lowest BCUT2D eigenvalue weighted by molar-refractivity contribution is -0.111. The molecule has 0 aliphatic carbocycles. The minimum atomic E-state index is -0.367. The van der Waals surface area contributed by atoms with Gasteiger partial charge in [-0.15, -0.1) is 0 Å². The Kier molecular flexibility index (Phi) is 4.23. The van der Waals surface area contributed by atoms with E-state index < -0.39 is 0 Å². The number of rotatable bonds is 3. The van der Waals surface area contributed by atoms with Gasteiger partial charge in [0.1, 0.15) is 0 Å². The molecule has 2 nitrogen and oxygen atoms in total. The van der Waals surface area contributed by atoms with Crippen LogP contribution in [0.4, 0.5) is 5.69 Å². The molecule has 0 unspecified atom stereocenters. The van der Waals surface area contributed by atoms with Crippen molar-refractivity contribution >= 4 is 38.4 Å². The molecule has 1 aromatic rings. The minimum absolute atomic E-state index is 0.0940. The Labute approximate surface area is 112 Å². The lowest BCUT2D eigenvalue weighted by Crippen LogP contribution is -2.07. The van der Waals surface area contributed by atoms with Crippen LogP contribution in [0.2, 0.25) is 0 Å². The monoisotopic (exact) mass is 309 g/mol. The molecule has 17 heavy (non-hydrogen) atoms. The number of anilines is 1. The largest absolute Gasteiger partial charge is 0.322 e. The highest BCUT2D eigenvalue weighted by molar-refractivity contribution is 9.10. The van der Waals surface area contributed by atoms with E-state index in [0.717, 1.165) is 10.2 Å². The maximum atomic E-state index is 11.6. The summed E-state index contributed by atoms with van der Waals surface area (Å²) in [5.74, 6) is -0.0940. The van der Waals surface area contributed by atoms with Gasteiger partial charge in [-0.2, -0.15) is 10.9 Å². The van der Waals surface area contributed by atoms with Crippen molar-refractivity contribution in [2.45, 2.75) is 0 Å². The molecule has 1 N–H and O–H groups in total. The van der Waals surface area contributed by atoms with Crippen molar-refractivity contribution < 1.29 is 4.79 Å². The summed E-state index contributed by atoms with van der Waals surface area (Å²) in [4.78, 5) is 11.6. The van der Waals surface area contributed by atoms with E-state index in [2.05, 4.69) is 32.1 Å². The molecule has 0 saturated heterocycles. The summed E-state index contributed by atoms with van der Waals surface area (Å²) in [6.07, 6.45) is 5.60. The Morgan fingerprint density at radius 2 is 1.82 bits per heavy atom. The van der Waals surface area contributed by atoms with E-state index in [1.807, 2.05) is 41.8 Å². The fraction of sp³-hybridized carbons (Fsp3) is 0. The van der Waals surface area contributed by atoms with Crippen molar-refractivity contribution in [2.24, 2.45) is 0 Å². The molecule has 1 aliphatic rings. The molecular formula is C13H12BrNOS. The number of benzene rings is 1. The van der Waals surface area contributed by atoms with E-state index in [4.69, 9.17) is 0 Å². The number of hydrogen-bond acceptors (Lipinski definition) is 1. The predicted octanol–water partition coefficient (Wildman–Crippen LogP) is 3.94. The maximum absolute atomic E-state index is 11.6. The molecule has 1 aliphatic heterocycles. The Balaban J connectivity index is 1.90. The predicted molar refractivity (Wildman–Crippen MR) is 79.2 cm³/mol. The number of amides is 1. The summed E-state index contributed by atoms with van der Waals surface area (Å²) in [6.45, 7) is 0. The third-order valence-electron chi connectivity index (χ3n) is 2.14. The maximum Gasteiger partial charge on any atom is 0.248 e. The average molecular weight is 310 g/mol. The standard InChI is InChI=1S/C13H12BrNOS/c14-11-3-5-12(6-4-11)15-13(16)7-10-17-8-1-2-9-17/h1-10,17H,(H,15,16). The highest BCUT2D eigenvalue weighted by Gasteiger charge is 1.99. The van der Waals surface area contributed by atoms with Crippen LogP contribution < -0.4 is 5.32 Å². The molecule has 0 aromatic heterocycles. The molecule has 0 atom stereocenters. The highest BCUT2D eigenvalue weighted by atomic mass is 79.9. The van der Waals surface area contributed by atoms with Gasteiger partial charge in [-0.05, 0) is 40.5 Å². The normalized spacial score (nSPS) is 15.7. The fourth-order valence-corrected chi connectivity index (χ4v) is 2.78. The van der Waals surface area contributed by atoms with Gasteiger partial charge in [-0.1, -0.05) is 28.1 Å². The lowest BCUT2D eigenvalue weighted by atomic mass is 10.3. The van der Waals surface area contributed by atoms with E-state index in [9.17, 15) is 4.79 Å². The average Bonchev–Trinajstić information content (AvgIpc) is 2.83. The lowest BCUT2D eigenvalue weighted by Gasteiger charge is -2.03. The number of thiol groups is 1. The third-order valence-corrected chi connectivity index (χ3v) is 4.19. The zero-order chi connectivity index (χ0) is 12.1. The van der Waals surface area contributed by atoms with Crippen LogP contribution in [0.15, 0.2) is 63.2 Å². The van der Waals surface area contributed by atoms with Crippen LogP contribution in [0.3, 0.4) is 0 Å². The first-order valence-electron chi connectivity index (χ1n) is 5.11. The van der Waals surface area contributed by atoms with Crippen molar-refractivity contribution in [1.82, 2.24) is 0 Å². The van der Waals surface area contributed by atoms with Crippen molar-refractivity contribution in [1.29, 1.82) is 0 Å². The van der Waals surface area contributed by atoms with Gasteiger partial charge in [0, 0.05) is 16.2 Å². The van der Waals surface area contributed by atoms with Gasteiger partial charge in [0.25, 0.3) is 0 Å². The topological polar surface area (TPSA) is 29.1 Å². The second-order valence-corrected chi connectivity index (χ2v) is 6.15. The van der Waals surface area contributed by atoms with Crippen molar-refractivity contribution in [3.05, 3.63) is 63.2 Å². The molecule has 1 aromatic carbocycles. The third kappa shape index (κ3) is 3.91. The van der Waals surface area contributed by atoms with Crippen LogP contribution in [0.5, 0.6) is 0 Å². The molecular weight excluding hydrogens is 298 g/mol. The Morgan fingerprint density at radius 3 is 2.47 bits per heavy atom. The van der Waals surface area contributed by atoms with Crippen LogP contribution in [0.25, 0.3) is 0 Å². The van der Waals surface area contributed by atoms with Crippen LogP contribution in [0.1, 0.15) is 0 Å². The van der Waals surface area contributed by atoms with E-state index in [1.54, 1.807) is 6.08 Å². The molecule has 0 bridgehead atoms. The summed E-state index contributed by atoms with van der Waals surface area (Å²) in [5.41, 5.74) is 0.799. The zero-order valence-corrected chi connectivity index (χ0v) is 11.5. The molecule has 0 spiro atoms. The van der Waals surface area contributed by atoms with Gasteiger partial charge in [0.15, 0.2) is 0 Å². The minimum Gasteiger partial charge on any atom is -0.322 e. The number of carbonyl (C=O) groups is 1. The number of allylic oxidation sites excluding steroid dienone is 2. The first kappa shape index (κ1) is 12.2. The molecule has 0 fully saturated rings. The van der Waals surface area contributed by atoms with Gasteiger partial charge in [0.2, 0.25) is 5.91 Å². The second-order valence-electron chi connectivity index (χ2n) is 3.44. The van der Waals surface area contributed by atoms with Gasteiger partial charge < -0.3 is 5.32 Å². The van der Waals surface area contributed by atoms with Crippen LogP contribution in [-0.4, -0.2) is 5.91 Å². The van der Waals surface area contributed by atoms with E-state index in [1.165, 1.54) is 0 Å². The summed E-state index contributed by atoms with van der Waals surface area (Å²) >= 11 is 3.35. The highest BCUT2D eigenvalue weighted by Crippen LogP contribution is 2.33. The molecule has 1 amide bonds. The van der Waals surface area contributed by atoms with E-state index in [-0.39, 0.29) is 16.8 Å². The van der Waals surface area contributed by atoms with Gasteiger partial charge in [-0.3, -0.25) is 4.79 Å². The Bertz CT molecular complexity index is 479. The van der Waals surface area contributed by atoms with Crippen LogP contribution >= 0.6 is 26.8 Å². The smallest absolute Gasteiger partial charge is 0.248 e. The van der Waals surface area contributed by atoms with Crippen LogP contribution in [0, 0.1) is 0 Å². The summed E-state index contributed by atoms with van der Waals surface area (Å²) in [5, 5.41) is 8.93. The Morgan fingerprint density at radius 1 is 1.18 bits per heavy atom. The molecule has 2 rings (SSSR count). The number of carbonyl (C=O) groups excluding carboxylic acids is 1. The van der Waals surface area contributed by atoms with Crippen molar-refractivity contribution in [3.63, 3.8) is 0 Å². The Hall–Kier alpha value is -1.26. The molecule has 1 heterocycles. The van der Waals surface area contributed by atoms with Crippen LogP contribution in [-0.2, 0) is 4.79 Å². The van der Waals surface area contributed by atoms with Crippen molar-refractivity contribution in [3.8, 4) is 0 Å². The van der Waals surface area contributed by atoms with Gasteiger partial charge in [-0.25, -0.2) is 0 Å². The SMILES string of the molecule is O=C(C=C[SH]1C=CC=C1)Nc1ccc(Br)cc1. The summed E-state index contributed by atoms with van der Waals surface area (Å²) < 4.78 is 0.996. The van der Waals surface area contributed by atoms with E-state index in [0.29, 0.717) is 0 Å². The first-order chi connectivity index (χ1) is 8.24. The molecule has 0 radical (unpaired) electrons. The molecule has 0 saturated carbocycles. The van der Waals surface area contributed by atoms with E-state index >= 15 is 0 Å². The summed E-state index contributed by atoms with van der Waals surface area (Å²) in [6, 6.07) is 7.50. The quantitative estimate of drug-likeness (QED) is 0.642. The zero-order valence-electron chi connectivity index (χ0n) is 9.01. The van der Waals surface area contributed by atoms with Crippen molar-refractivity contribution in [2.75, 3.05) is 5.32 Å². The van der Waals surface area contributed by atoms with Gasteiger partial charge >= 0.3 is 0 Å². The summed E-state index contributed by atoms with van der Waals surface area (Å²) in [7, 11) is -0.367. The first-order valence-corrected chi connectivity index (χ1v) is 7.45. The molecule has 4 heteroatoms.